The Morgan fingerprint density at radius 1 is 1.41 bits per heavy atom. The molecule has 0 saturated carbocycles. The second-order valence-corrected chi connectivity index (χ2v) is 7.12. The number of halogens is 1. The summed E-state index contributed by atoms with van der Waals surface area (Å²) in [6.45, 7) is 4.25. The van der Waals surface area contributed by atoms with Gasteiger partial charge in [-0.05, 0) is 6.92 Å². The van der Waals surface area contributed by atoms with Gasteiger partial charge in [0.1, 0.15) is 5.82 Å². The summed E-state index contributed by atoms with van der Waals surface area (Å²) in [5, 5.41) is 3.12. The lowest BCUT2D eigenvalue weighted by Gasteiger charge is -2.28. The molecule has 2 rings (SSSR count). The molecule has 0 aliphatic carbocycles. The van der Waals surface area contributed by atoms with E-state index in [1.54, 1.807) is 23.4 Å². The number of carbonyl (C=O) groups excluding carboxylic acids is 1. The highest BCUT2D eigenvalue weighted by atomic mass is 35.5. The standard InChI is InChI=1S/C12H21N5O3S.ClH/c1-10-14-11(8-15(10)2)21(19,20)16(3)9-12(18)17-6-4-13-5-7-17;/h8,13H,4-7,9H2,1-3H3;1H. The van der Waals surface area contributed by atoms with Crippen molar-refractivity contribution in [3.05, 3.63) is 12.0 Å². The average molecular weight is 352 g/mol. The van der Waals surface area contributed by atoms with Crippen molar-refractivity contribution >= 4 is 28.3 Å². The summed E-state index contributed by atoms with van der Waals surface area (Å²) in [7, 11) is -0.604. The van der Waals surface area contributed by atoms with Gasteiger partial charge in [-0.25, -0.2) is 13.4 Å². The third-order valence-electron chi connectivity index (χ3n) is 3.59. The number of carbonyl (C=O) groups is 1. The van der Waals surface area contributed by atoms with Gasteiger partial charge in [0.05, 0.1) is 6.54 Å². The lowest BCUT2D eigenvalue weighted by molar-refractivity contribution is -0.131. The van der Waals surface area contributed by atoms with E-state index in [0.717, 1.165) is 17.4 Å². The number of aryl methyl sites for hydroxylation is 2. The molecule has 0 radical (unpaired) electrons. The molecule has 2 heterocycles. The van der Waals surface area contributed by atoms with Gasteiger partial charge >= 0.3 is 0 Å². The van der Waals surface area contributed by atoms with Gasteiger partial charge in [0.15, 0.2) is 5.03 Å². The molecule has 1 fully saturated rings. The monoisotopic (exact) mass is 351 g/mol. The Morgan fingerprint density at radius 2 is 2.00 bits per heavy atom. The molecule has 1 saturated heterocycles. The van der Waals surface area contributed by atoms with E-state index in [4.69, 9.17) is 0 Å². The minimum atomic E-state index is -3.74. The Balaban J connectivity index is 0.00000242. The number of rotatable bonds is 4. The molecule has 1 aromatic rings. The molecule has 1 aliphatic heterocycles. The third-order valence-corrected chi connectivity index (χ3v) is 5.26. The minimum absolute atomic E-state index is 0. The van der Waals surface area contributed by atoms with E-state index in [1.807, 2.05) is 0 Å². The first-order valence-electron chi connectivity index (χ1n) is 6.77. The van der Waals surface area contributed by atoms with Crippen LogP contribution in [0.25, 0.3) is 0 Å². The van der Waals surface area contributed by atoms with E-state index < -0.39 is 10.0 Å². The van der Waals surface area contributed by atoms with E-state index in [9.17, 15) is 13.2 Å². The third kappa shape index (κ3) is 3.97. The Morgan fingerprint density at radius 3 is 2.50 bits per heavy atom. The number of hydrogen-bond donors (Lipinski definition) is 1. The number of aromatic nitrogens is 2. The van der Waals surface area contributed by atoms with E-state index in [-0.39, 0.29) is 29.9 Å². The number of likely N-dealkylation sites (N-methyl/N-ethyl adjacent to an activating group) is 1. The summed E-state index contributed by atoms with van der Waals surface area (Å²) in [5.41, 5.74) is 0. The van der Waals surface area contributed by atoms with Gasteiger partial charge in [-0.15, -0.1) is 12.4 Å². The van der Waals surface area contributed by atoms with Crippen LogP contribution in [0.4, 0.5) is 0 Å². The van der Waals surface area contributed by atoms with Crippen LogP contribution in [0.5, 0.6) is 0 Å². The van der Waals surface area contributed by atoms with Crippen molar-refractivity contribution in [3.63, 3.8) is 0 Å². The zero-order chi connectivity index (χ0) is 15.6. The van der Waals surface area contributed by atoms with Gasteiger partial charge in [0.2, 0.25) is 5.91 Å². The highest BCUT2D eigenvalue weighted by Crippen LogP contribution is 2.13. The molecule has 1 aromatic heterocycles. The van der Waals surface area contributed by atoms with Gasteiger partial charge in [0, 0.05) is 46.5 Å². The topological polar surface area (TPSA) is 87.5 Å². The molecule has 1 aliphatic rings. The van der Waals surface area contributed by atoms with Gasteiger partial charge in [-0.3, -0.25) is 4.79 Å². The molecule has 0 aromatic carbocycles. The second-order valence-electron chi connectivity index (χ2n) is 5.13. The molecule has 22 heavy (non-hydrogen) atoms. The number of amides is 1. The molecule has 0 spiro atoms. The Hall–Kier alpha value is -1.16. The van der Waals surface area contributed by atoms with Crippen LogP contribution in [0.15, 0.2) is 11.2 Å². The minimum Gasteiger partial charge on any atom is -0.339 e. The lowest BCUT2D eigenvalue weighted by Crippen LogP contribution is -2.49. The summed E-state index contributed by atoms with van der Waals surface area (Å²) >= 11 is 0. The van der Waals surface area contributed by atoms with Crippen LogP contribution in [0.1, 0.15) is 5.82 Å². The lowest BCUT2D eigenvalue weighted by atomic mass is 10.3. The van der Waals surface area contributed by atoms with Gasteiger partial charge in [-0.2, -0.15) is 4.31 Å². The fourth-order valence-electron chi connectivity index (χ4n) is 2.10. The first kappa shape index (κ1) is 18.9. The smallest absolute Gasteiger partial charge is 0.262 e. The first-order chi connectivity index (χ1) is 9.82. The molecule has 10 heteroatoms. The molecule has 1 N–H and O–H groups in total. The van der Waals surface area contributed by atoms with Crippen molar-refractivity contribution in [1.29, 1.82) is 0 Å². The maximum Gasteiger partial charge on any atom is 0.262 e. The van der Waals surface area contributed by atoms with Crippen molar-refractivity contribution in [2.75, 3.05) is 39.8 Å². The number of imidazole rings is 1. The average Bonchev–Trinajstić information content (AvgIpc) is 2.80. The van der Waals surface area contributed by atoms with Crippen LogP contribution in [0, 0.1) is 6.92 Å². The van der Waals surface area contributed by atoms with Gasteiger partial charge < -0.3 is 14.8 Å². The van der Waals surface area contributed by atoms with E-state index >= 15 is 0 Å². The van der Waals surface area contributed by atoms with Gasteiger partial charge in [0.25, 0.3) is 10.0 Å². The van der Waals surface area contributed by atoms with Crippen molar-refractivity contribution in [2.45, 2.75) is 11.9 Å². The quantitative estimate of drug-likeness (QED) is 0.767. The van der Waals surface area contributed by atoms with Crippen LogP contribution < -0.4 is 5.32 Å². The van der Waals surface area contributed by atoms with Crippen molar-refractivity contribution in [2.24, 2.45) is 7.05 Å². The van der Waals surface area contributed by atoms with Crippen LogP contribution in [-0.2, 0) is 21.9 Å². The highest BCUT2D eigenvalue weighted by Gasteiger charge is 2.28. The zero-order valence-electron chi connectivity index (χ0n) is 12.9. The molecule has 0 atom stereocenters. The Labute approximate surface area is 136 Å². The normalized spacial score (nSPS) is 15.7. The molecular weight excluding hydrogens is 330 g/mol. The summed E-state index contributed by atoms with van der Waals surface area (Å²) in [6.07, 6.45) is 1.45. The molecule has 8 nitrogen and oxygen atoms in total. The Bertz CT molecular complexity index is 605. The highest BCUT2D eigenvalue weighted by molar-refractivity contribution is 7.89. The molecule has 1 amide bonds. The van der Waals surface area contributed by atoms with Crippen LogP contribution in [0.2, 0.25) is 0 Å². The number of hydrogen-bond acceptors (Lipinski definition) is 5. The van der Waals surface area contributed by atoms with E-state index in [1.165, 1.54) is 13.2 Å². The summed E-state index contributed by atoms with van der Waals surface area (Å²) in [6, 6.07) is 0. The van der Waals surface area contributed by atoms with Crippen LogP contribution >= 0.6 is 12.4 Å². The van der Waals surface area contributed by atoms with Gasteiger partial charge in [-0.1, -0.05) is 0 Å². The molecule has 0 unspecified atom stereocenters. The van der Waals surface area contributed by atoms with Crippen LogP contribution in [-0.4, -0.2) is 72.9 Å². The van der Waals surface area contributed by atoms with Crippen molar-refractivity contribution < 1.29 is 13.2 Å². The molecular formula is C12H22ClN5O3S. The Kier molecular flexibility index (Phi) is 6.36. The summed E-state index contributed by atoms with van der Waals surface area (Å²) in [5.74, 6) is 0.422. The fraction of sp³-hybridized carbons (Fsp3) is 0.667. The number of sulfonamides is 1. The largest absolute Gasteiger partial charge is 0.339 e. The maximum absolute atomic E-state index is 12.4. The van der Waals surface area contributed by atoms with Crippen molar-refractivity contribution in [1.82, 2.24) is 24.1 Å². The summed E-state index contributed by atoms with van der Waals surface area (Å²) in [4.78, 5) is 17.8. The second kappa shape index (κ2) is 7.40. The number of nitrogens with one attached hydrogen (secondary N) is 1. The van der Waals surface area contributed by atoms with E-state index in [0.29, 0.717) is 18.9 Å². The predicted octanol–water partition coefficient (Wildman–Crippen LogP) is -0.797. The zero-order valence-corrected chi connectivity index (χ0v) is 14.6. The predicted molar refractivity (Wildman–Crippen MR) is 84.5 cm³/mol. The first-order valence-corrected chi connectivity index (χ1v) is 8.21. The summed E-state index contributed by atoms with van der Waals surface area (Å²) < 4.78 is 27.5. The maximum atomic E-state index is 12.4. The molecule has 126 valence electrons. The van der Waals surface area contributed by atoms with Crippen molar-refractivity contribution in [3.8, 4) is 0 Å². The number of piperazine rings is 1. The fourth-order valence-corrected chi connectivity index (χ4v) is 3.24. The molecule has 0 bridgehead atoms. The van der Waals surface area contributed by atoms with Crippen LogP contribution in [0.3, 0.4) is 0 Å². The van der Waals surface area contributed by atoms with E-state index in [2.05, 4.69) is 10.3 Å². The SMILES string of the molecule is Cc1nc(S(=O)(=O)N(C)CC(=O)N2CCNCC2)cn1C.Cl. The number of nitrogens with zero attached hydrogens (tertiary/aromatic N) is 4.